The summed E-state index contributed by atoms with van der Waals surface area (Å²) in [4.78, 5) is 26.2. The minimum Gasteiger partial charge on any atom is -0.353 e. The second kappa shape index (κ2) is 6.78. The number of rotatable bonds is 4. The molecule has 7 heteroatoms. The molecule has 0 aromatic rings. The van der Waals surface area contributed by atoms with Crippen molar-refractivity contribution in [1.82, 2.24) is 20.9 Å². The van der Waals surface area contributed by atoms with Crippen molar-refractivity contribution in [3.63, 3.8) is 0 Å². The number of nitrogens with one attached hydrogen (secondary N) is 3. The molecule has 1 unspecified atom stereocenters. The summed E-state index contributed by atoms with van der Waals surface area (Å²) in [7, 11) is 0. The predicted molar refractivity (Wildman–Crippen MR) is 80.8 cm³/mol. The second-order valence-corrected chi connectivity index (χ2v) is 7.37. The molecule has 2 fully saturated rings. The van der Waals surface area contributed by atoms with Crippen LogP contribution in [0.4, 0.5) is 0 Å². The molecule has 0 radical (unpaired) electrons. The Bertz CT molecular complexity index is 369. The standard InChI is InChI=1S/C13H24N4O2S/c1-13(2)12(19)16-10(9-20-13)11(18)15-5-8-17-6-3-14-4-7-17/h10,14H,3-9H2,1-2H3,(H,15,18)(H,16,19). The van der Waals surface area contributed by atoms with E-state index >= 15 is 0 Å². The summed E-state index contributed by atoms with van der Waals surface area (Å²) in [5, 5.41) is 9.02. The number of carbonyl (C=O) groups excluding carboxylic acids is 2. The zero-order valence-electron chi connectivity index (χ0n) is 12.2. The molecular weight excluding hydrogens is 276 g/mol. The van der Waals surface area contributed by atoms with Crippen molar-refractivity contribution in [1.29, 1.82) is 0 Å². The highest BCUT2D eigenvalue weighted by Crippen LogP contribution is 2.28. The first-order valence-electron chi connectivity index (χ1n) is 7.15. The van der Waals surface area contributed by atoms with Crippen LogP contribution >= 0.6 is 11.8 Å². The molecule has 0 spiro atoms. The van der Waals surface area contributed by atoms with Gasteiger partial charge in [0.25, 0.3) is 0 Å². The van der Waals surface area contributed by atoms with E-state index < -0.39 is 10.8 Å². The maximum absolute atomic E-state index is 12.0. The molecule has 2 aliphatic heterocycles. The van der Waals surface area contributed by atoms with Crippen LogP contribution in [-0.4, -0.2) is 72.5 Å². The van der Waals surface area contributed by atoms with Crippen LogP contribution in [0.1, 0.15) is 13.8 Å². The second-order valence-electron chi connectivity index (χ2n) is 5.73. The highest BCUT2D eigenvalue weighted by atomic mass is 32.2. The van der Waals surface area contributed by atoms with E-state index in [-0.39, 0.29) is 11.8 Å². The Labute approximate surface area is 124 Å². The minimum absolute atomic E-state index is 0.0593. The van der Waals surface area contributed by atoms with Gasteiger partial charge in [-0.3, -0.25) is 14.5 Å². The van der Waals surface area contributed by atoms with Gasteiger partial charge in [0.15, 0.2) is 0 Å². The molecule has 2 heterocycles. The van der Waals surface area contributed by atoms with E-state index in [0.717, 1.165) is 32.7 Å². The number of amides is 2. The van der Waals surface area contributed by atoms with Crippen LogP contribution in [0.15, 0.2) is 0 Å². The van der Waals surface area contributed by atoms with Gasteiger partial charge < -0.3 is 16.0 Å². The molecule has 0 aromatic carbocycles. The van der Waals surface area contributed by atoms with Gasteiger partial charge in [0.1, 0.15) is 6.04 Å². The Morgan fingerprint density at radius 3 is 2.80 bits per heavy atom. The third-order valence-corrected chi connectivity index (χ3v) is 5.12. The van der Waals surface area contributed by atoms with Crippen LogP contribution in [0.25, 0.3) is 0 Å². The Kier molecular flexibility index (Phi) is 5.29. The summed E-state index contributed by atoms with van der Waals surface area (Å²) >= 11 is 1.53. The van der Waals surface area contributed by atoms with Gasteiger partial charge in [-0.05, 0) is 13.8 Å². The van der Waals surface area contributed by atoms with Gasteiger partial charge in [0, 0.05) is 45.0 Å². The van der Waals surface area contributed by atoms with E-state index in [0.29, 0.717) is 12.3 Å². The lowest BCUT2D eigenvalue weighted by molar-refractivity contribution is -0.129. The van der Waals surface area contributed by atoms with Crippen LogP contribution in [0.3, 0.4) is 0 Å². The first kappa shape index (κ1) is 15.6. The quantitative estimate of drug-likeness (QED) is 0.622. The van der Waals surface area contributed by atoms with Crippen LogP contribution in [0.5, 0.6) is 0 Å². The number of hydrogen-bond acceptors (Lipinski definition) is 5. The lowest BCUT2D eigenvalue weighted by Crippen LogP contribution is -2.57. The van der Waals surface area contributed by atoms with E-state index in [1.54, 1.807) is 0 Å². The van der Waals surface area contributed by atoms with Crippen molar-refractivity contribution in [3.8, 4) is 0 Å². The molecule has 2 aliphatic rings. The van der Waals surface area contributed by atoms with Gasteiger partial charge in [-0.1, -0.05) is 0 Å². The van der Waals surface area contributed by atoms with Gasteiger partial charge in [0.05, 0.1) is 4.75 Å². The fourth-order valence-electron chi connectivity index (χ4n) is 2.27. The third kappa shape index (κ3) is 4.10. The van der Waals surface area contributed by atoms with E-state index in [4.69, 9.17) is 0 Å². The Hall–Kier alpha value is -0.790. The van der Waals surface area contributed by atoms with Crippen LogP contribution in [-0.2, 0) is 9.59 Å². The molecule has 20 heavy (non-hydrogen) atoms. The maximum atomic E-state index is 12.0. The largest absolute Gasteiger partial charge is 0.353 e. The van der Waals surface area contributed by atoms with Gasteiger partial charge in [0.2, 0.25) is 11.8 Å². The van der Waals surface area contributed by atoms with Gasteiger partial charge in [-0.25, -0.2) is 0 Å². The molecule has 114 valence electrons. The van der Waals surface area contributed by atoms with Crippen molar-refractivity contribution in [2.75, 3.05) is 45.0 Å². The average Bonchev–Trinajstić information content (AvgIpc) is 2.43. The van der Waals surface area contributed by atoms with Crippen molar-refractivity contribution in [3.05, 3.63) is 0 Å². The smallest absolute Gasteiger partial charge is 0.243 e. The molecule has 6 nitrogen and oxygen atoms in total. The molecule has 0 aromatic heterocycles. The molecule has 3 N–H and O–H groups in total. The molecule has 0 bridgehead atoms. The summed E-state index contributed by atoms with van der Waals surface area (Å²) in [6, 6.07) is -0.399. The van der Waals surface area contributed by atoms with Crippen LogP contribution in [0, 0.1) is 0 Å². The summed E-state index contributed by atoms with van der Waals surface area (Å²) in [6.07, 6.45) is 0. The summed E-state index contributed by atoms with van der Waals surface area (Å²) in [5.74, 6) is 0.505. The number of hydrogen-bond donors (Lipinski definition) is 3. The Balaban J connectivity index is 1.68. The zero-order valence-corrected chi connectivity index (χ0v) is 13.0. The van der Waals surface area contributed by atoms with E-state index in [2.05, 4.69) is 20.9 Å². The first-order valence-corrected chi connectivity index (χ1v) is 8.13. The minimum atomic E-state index is -0.433. The Morgan fingerprint density at radius 2 is 2.15 bits per heavy atom. The van der Waals surface area contributed by atoms with Crippen molar-refractivity contribution < 1.29 is 9.59 Å². The summed E-state index contributed by atoms with van der Waals surface area (Å²) in [6.45, 7) is 9.35. The number of nitrogens with zero attached hydrogens (tertiary/aromatic N) is 1. The van der Waals surface area contributed by atoms with E-state index in [1.165, 1.54) is 11.8 Å². The van der Waals surface area contributed by atoms with Crippen molar-refractivity contribution >= 4 is 23.6 Å². The summed E-state index contributed by atoms with van der Waals surface area (Å²) in [5.41, 5.74) is 0. The number of carbonyl (C=O) groups is 2. The highest BCUT2D eigenvalue weighted by molar-refractivity contribution is 8.01. The van der Waals surface area contributed by atoms with Gasteiger partial charge in [-0.2, -0.15) is 0 Å². The van der Waals surface area contributed by atoms with E-state index in [9.17, 15) is 9.59 Å². The summed E-state index contributed by atoms with van der Waals surface area (Å²) < 4.78 is -0.433. The van der Waals surface area contributed by atoms with Gasteiger partial charge in [-0.15, -0.1) is 11.8 Å². The molecule has 0 saturated carbocycles. The average molecular weight is 300 g/mol. The number of thioether (sulfide) groups is 1. The monoisotopic (exact) mass is 300 g/mol. The van der Waals surface area contributed by atoms with Crippen LogP contribution < -0.4 is 16.0 Å². The lowest BCUT2D eigenvalue weighted by atomic mass is 10.1. The normalized spacial score (nSPS) is 26.9. The predicted octanol–water partition coefficient (Wildman–Crippen LogP) is -0.982. The molecule has 1 atom stereocenters. The topological polar surface area (TPSA) is 73.5 Å². The number of piperazine rings is 1. The fourth-order valence-corrected chi connectivity index (χ4v) is 3.28. The lowest BCUT2D eigenvalue weighted by Gasteiger charge is -2.33. The molecular formula is C13H24N4O2S. The van der Waals surface area contributed by atoms with Crippen LogP contribution in [0.2, 0.25) is 0 Å². The molecule has 2 rings (SSSR count). The molecule has 2 saturated heterocycles. The Morgan fingerprint density at radius 1 is 1.45 bits per heavy atom. The van der Waals surface area contributed by atoms with Gasteiger partial charge >= 0.3 is 0 Å². The van der Waals surface area contributed by atoms with Crippen molar-refractivity contribution in [2.45, 2.75) is 24.6 Å². The maximum Gasteiger partial charge on any atom is 0.243 e. The van der Waals surface area contributed by atoms with E-state index in [1.807, 2.05) is 13.8 Å². The zero-order chi connectivity index (χ0) is 14.6. The third-order valence-electron chi connectivity index (χ3n) is 3.72. The highest BCUT2D eigenvalue weighted by Gasteiger charge is 2.37. The fraction of sp³-hybridized carbons (Fsp3) is 0.846. The molecule has 0 aliphatic carbocycles. The van der Waals surface area contributed by atoms with Crippen molar-refractivity contribution in [2.24, 2.45) is 0 Å². The SMILES string of the molecule is CC1(C)SCC(C(=O)NCCN2CCNCC2)NC1=O. The molecule has 2 amide bonds. The first-order chi connectivity index (χ1) is 9.49.